The molecule has 1 N–H and O–H groups in total. The SMILES string of the molecule is COc1cc(C2CCNCC2)cc(OC)c1OC. The monoisotopic (exact) mass is 251 g/mol. The van der Waals surface area contributed by atoms with Gasteiger partial charge in [0.05, 0.1) is 21.3 Å². The van der Waals surface area contributed by atoms with Gasteiger partial charge in [0.25, 0.3) is 0 Å². The molecule has 1 aromatic rings. The first-order chi connectivity index (χ1) is 8.80. The smallest absolute Gasteiger partial charge is 0.203 e. The fourth-order valence-corrected chi connectivity index (χ4v) is 2.49. The Balaban J connectivity index is 2.35. The van der Waals surface area contributed by atoms with Gasteiger partial charge in [-0.15, -0.1) is 0 Å². The molecule has 0 saturated carbocycles. The van der Waals surface area contributed by atoms with Crippen molar-refractivity contribution in [3.63, 3.8) is 0 Å². The first-order valence-corrected chi connectivity index (χ1v) is 6.30. The fourth-order valence-electron chi connectivity index (χ4n) is 2.49. The van der Waals surface area contributed by atoms with Crippen LogP contribution in [-0.2, 0) is 0 Å². The zero-order valence-corrected chi connectivity index (χ0v) is 11.3. The van der Waals surface area contributed by atoms with Gasteiger partial charge in [-0.25, -0.2) is 0 Å². The molecule has 0 aliphatic carbocycles. The quantitative estimate of drug-likeness (QED) is 0.890. The Morgan fingerprint density at radius 3 is 1.94 bits per heavy atom. The van der Waals surface area contributed by atoms with Crippen LogP contribution in [0.1, 0.15) is 24.3 Å². The molecule has 1 fully saturated rings. The van der Waals surface area contributed by atoms with Crippen LogP contribution >= 0.6 is 0 Å². The number of benzene rings is 1. The van der Waals surface area contributed by atoms with E-state index in [1.165, 1.54) is 5.56 Å². The molecule has 100 valence electrons. The van der Waals surface area contributed by atoms with Crippen molar-refractivity contribution in [2.24, 2.45) is 0 Å². The Bertz CT molecular complexity index is 375. The summed E-state index contributed by atoms with van der Waals surface area (Å²) in [6.45, 7) is 2.14. The zero-order valence-electron chi connectivity index (χ0n) is 11.3. The maximum atomic E-state index is 5.39. The molecule has 0 aromatic heterocycles. The highest BCUT2D eigenvalue weighted by Crippen LogP contribution is 2.41. The second-order valence-corrected chi connectivity index (χ2v) is 4.48. The van der Waals surface area contributed by atoms with E-state index in [4.69, 9.17) is 14.2 Å². The van der Waals surface area contributed by atoms with E-state index in [9.17, 15) is 0 Å². The highest BCUT2D eigenvalue weighted by atomic mass is 16.5. The van der Waals surface area contributed by atoms with Gasteiger partial charge < -0.3 is 19.5 Å². The molecule has 0 amide bonds. The van der Waals surface area contributed by atoms with E-state index in [2.05, 4.69) is 17.4 Å². The average Bonchev–Trinajstić information content (AvgIpc) is 2.46. The summed E-state index contributed by atoms with van der Waals surface area (Å²) in [5.41, 5.74) is 1.27. The topological polar surface area (TPSA) is 39.7 Å². The van der Waals surface area contributed by atoms with Crippen molar-refractivity contribution in [2.75, 3.05) is 34.4 Å². The summed E-state index contributed by atoms with van der Waals surface area (Å²) < 4.78 is 16.1. The summed E-state index contributed by atoms with van der Waals surface area (Å²) in [6.07, 6.45) is 2.30. The van der Waals surface area contributed by atoms with Crippen LogP contribution in [0.3, 0.4) is 0 Å². The molecule has 1 heterocycles. The number of nitrogens with one attached hydrogen (secondary N) is 1. The predicted molar refractivity (Wildman–Crippen MR) is 70.9 cm³/mol. The molecule has 0 spiro atoms. The van der Waals surface area contributed by atoms with Gasteiger partial charge in [0, 0.05) is 0 Å². The average molecular weight is 251 g/mol. The van der Waals surface area contributed by atoms with E-state index in [0.29, 0.717) is 11.7 Å². The molecule has 4 heteroatoms. The summed E-state index contributed by atoms with van der Waals surface area (Å²) in [6, 6.07) is 4.13. The van der Waals surface area contributed by atoms with E-state index in [1.54, 1.807) is 21.3 Å². The highest BCUT2D eigenvalue weighted by molar-refractivity contribution is 5.54. The van der Waals surface area contributed by atoms with Crippen molar-refractivity contribution in [1.29, 1.82) is 0 Å². The van der Waals surface area contributed by atoms with Crippen LogP contribution in [0.25, 0.3) is 0 Å². The van der Waals surface area contributed by atoms with Gasteiger partial charge in [0.1, 0.15) is 0 Å². The molecule has 1 saturated heterocycles. The van der Waals surface area contributed by atoms with E-state index >= 15 is 0 Å². The molecule has 18 heavy (non-hydrogen) atoms. The molecule has 4 nitrogen and oxygen atoms in total. The van der Waals surface area contributed by atoms with Gasteiger partial charge in [-0.1, -0.05) is 0 Å². The van der Waals surface area contributed by atoms with Crippen LogP contribution in [0.15, 0.2) is 12.1 Å². The lowest BCUT2D eigenvalue weighted by Crippen LogP contribution is -2.26. The van der Waals surface area contributed by atoms with Crippen molar-refractivity contribution in [3.8, 4) is 17.2 Å². The molecule has 1 aliphatic heterocycles. The minimum absolute atomic E-state index is 0.569. The van der Waals surface area contributed by atoms with E-state index in [-0.39, 0.29) is 0 Å². The van der Waals surface area contributed by atoms with Gasteiger partial charge >= 0.3 is 0 Å². The largest absolute Gasteiger partial charge is 0.493 e. The number of piperidine rings is 1. The lowest BCUT2D eigenvalue weighted by molar-refractivity contribution is 0.322. The zero-order chi connectivity index (χ0) is 13.0. The summed E-state index contributed by atoms with van der Waals surface area (Å²) >= 11 is 0. The third kappa shape index (κ3) is 2.53. The number of methoxy groups -OCH3 is 3. The van der Waals surface area contributed by atoms with Crippen molar-refractivity contribution < 1.29 is 14.2 Å². The van der Waals surface area contributed by atoms with Crippen molar-refractivity contribution in [2.45, 2.75) is 18.8 Å². The van der Waals surface area contributed by atoms with Crippen LogP contribution in [-0.4, -0.2) is 34.4 Å². The molecule has 0 radical (unpaired) electrons. The number of hydrogen-bond donors (Lipinski definition) is 1. The van der Waals surface area contributed by atoms with Crippen molar-refractivity contribution in [3.05, 3.63) is 17.7 Å². The molecule has 0 atom stereocenters. The molecule has 0 bridgehead atoms. The predicted octanol–water partition coefficient (Wildman–Crippen LogP) is 2.18. The fraction of sp³-hybridized carbons (Fsp3) is 0.571. The van der Waals surface area contributed by atoms with Crippen LogP contribution in [0.5, 0.6) is 17.2 Å². The number of hydrogen-bond acceptors (Lipinski definition) is 4. The van der Waals surface area contributed by atoms with E-state index in [0.717, 1.165) is 37.4 Å². The van der Waals surface area contributed by atoms with E-state index in [1.807, 2.05) is 0 Å². The van der Waals surface area contributed by atoms with E-state index < -0.39 is 0 Å². The van der Waals surface area contributed by atoms with Crippen LogP contribution in [0, 0.1) is 0 Å². The minimum atomic E-state index is 0.569. The first kappa shape index (κ1) is 13.0. The lowest BCUT2D eigenvalue weighted by atomic mass is 9.90. The number of rotatable bonds is 4. The maximum Gasteiger partial charge on any atom is 0.203 e. The minimum Gasteiger partial charge on any atom is -0.493 e. The second kappa shape index (κ2) is 5.96. The Kier molecular flexibility index (Phi) is 4.31. The first-order valence-electron chi connectivity index (χ1n) is 6.30. The highest BCUT2D eigenvalue weighted by Gasteiger charge is 2.20. The molecule has 2 rings (SSSR count). The van der Waals surface area contributed by atoms with Crippen molar-refractivity contribution in [1.82, 2.24) is 5.32 Å². The number of ether oxygens (including phenoxy) is 3. The van der Waals surface area contributed by atoms with Gasteiger partial charge in [-0.3, -0.25) is 0 Å². The molecular weight excluding hydrogens is 230 g/mol. The molecule has 1 aliphatic rings. The Labute approximate surface area is 108 Å². The van der Waals surface area contributed by atoms with Crippen LogP contribution in [0.4, 0.5) is 0 Å². The molecule has 1 aromatic carbocycles. The van der Waals surface area contributed by atoms with Crippen LogP contribution in [0.2, 0.25) is 0 Å². The third-order valence-electron chi connectivity index (χ3n) is 3.50. The Morgan fingerprint density at radius 1 is 0.944 bits per heavy atom. The maximum absolute atomic E-state index is 5.39. The summed E-state index contributed by atoms with van der Waals surface area (Å²) in [5, 5.41) is 3.38. The summed E-state index contributed by atoms with van der Waals surface area (Å²) in [5.74, 6) is 2.72. The molecular formula is C14H21NO3. The van der Waals surface area contributed by atoms with Gasteiger partial charge in [-0.2, -0.15) is 0 Å². The summed E-state index contributed by atoms with van der Waals surface area (Å²) in [4.78, 5) is 0. The Morgan fingerprint density at radius 2 is 1.50 bits per heavy atom. The van der Waals surface area contributed by atoms with Gasteiger partial charge in [0.15, 0.2) is 11.5 Å². The third-order valence-corrected chi connectivity index (χ3v) is 3.50. The standard InChI is InChI=1S/C14H21NO3/c1-16-12-8-11(10-4-6-15-7-5-10)9-13(17-2)14(12)18-3/h8-10,15H,4-7H2,1-3H3. The van der Waals surface area contributed by atoms with Gasteiger partial charge in [0.2, 0.25) is 5.75 Å². The van der Waals surface area contributed by atoms with Crippen LogP contribution < -0.4 is 19.5 Å². The normalized spacial score (nSPS) is 16.4. The second-order valence-electron chi connectivity index (χ2n) is 4.48. The Hall–Kier alpha value is -1.42. The lowest BCUT2D eigenvalue weighted by Gasteiger charge is -2.24. The molecule has 0 unspecified atom stereocenters. The van der Waals surface area contributed by atoms with Gasteiger partial charge in [-0.05, 0) is 49.5 Å². The summed E-state index contributed by atoms with van der Waals surface area (Å²) in [7, 11) is 4.94. The van der Waals surface area contributed by atoms with Crippen molar-refractivity contribution >= 4 is 0 Å².